The lowest BCUT2D eigenvalue weighted by atomic mass is 10.1. The molecule has 0 spiro atoms. The zero-order chi connectivity index (χ0) is 18.8. The Kier molecular flexibility index (Phi) is 5.36. The van der Waals surface area contributed by atoms with Crippen molar-refractivity contribution in [1.29, 1.82) is 0 Å². The third kappa shape index (κ3) is 4.09. The van der Waals surface area contributed by atoms with Gasteiger partial charge in [0.05, 0.1) is 16.2 Å². The molecule has 0 atom stereocenters. The molecule has 2 aromatic rings. The van der Waals surface area contributed by atoms with Gasteiger partial charge in [0.25, 0.3) is 5.91 Å². The van der Waals surface area contributed by atoms with Gasteiger partial charge in [0.1, 0.15) is 0 Å². The van der Waals surface area contributed by atoms with Crippen molar-refractivity contribution in [3.05, 3.63) is 68.0 Å². The number of benzene rings is 2. The first kappa shape index (κ1) is 18.5. The van der Waals surface area contributed by atoms with Gasteiger partial charge < -0.3 is 10.4 Å². The van der Waals surface area contributed by atoms with Crippen LogP contribution in [0.4, 0.5) is 5.69 Å². The van der Waals surface area contributed by atoms with Crippen molar-refractivity contribution >= 4 is 63.8 Å². The summed E-state index contributed by atoms with van der Waals surface area (Å²) in [6, 6.07) is 9.66. The number of carboxylic acid groups (broad SMARTS) is 1. The molecule has 0 radical (unpaired) electrons. The third-order valence-corrected chi connectivity index (χ3v) is 5.05. The molecule has 2 N–H and O–H groups in total. The predicted molar refractivity (Wildman–Crippen MR) is 105 cm³/mol. The molecule has 1 heterocycles. The van der Waals surface area contributed by atoms with Crippen LogP contribution in [0.25, 0.3) is 6.08 Å². The number of amides is 1. The number of nitrogens with zero attached hydrogens (tertiary/aromatic N) is 1. The molecule has 1 aliphatic heterocycles. The number of hydrogen-bond donors (Lipinski definition) is 2. The molecule has 0 aliphatic carbocycles. The highest BCUT2D eigenvalue weighted by Gasteiger charge is 2.24. The molecule has 0 aromatic heterocycles. The number of aromatic carboxylic acids is 1. The lowest BCUT2D eigenvalue weighted by molar-refractivity contribution is -0.115. The first-order valence-electron chi connectivity index (χ1n) is 7.42. The molecule has 1 saturated heterocycles. The fourth-order valence-corrected chi connectivity index (χ4v) is 3.50. The van der Waals surface area contributed by atoms with Gasteiger partial charge in [0.2, 0.25) is 0 Å². The van der Waals surface area contributed by atoms with Crippen molar-refractivity contribution in [3.8, 4) is 0 Å². The van der Waals surface area contributed by atoms with E-state index in [1.54, 1.807) is 30.3 Å². The number of aliphatic imine (C=N–C) groups is 1. The quantitative estimate of drug-likeness (QED) is 0.710. The second-order valence-corrected chi connectivity index (χ2v) is 7.33. The van der Waals surface area contributed by atoms with E-state index < -0.39 is 5.97 Å². The van der Waals surface area contributed by atoms with E-state index >= 15 is 0 Å². The van der Waals surface area contributed by atoms with E-state index in [9.17, 15) is 9.59 Å². The van der Waals surface area contributed by atoms with Crippen LogP contribution in [-0.4, -0.2) is 22.2 Å². The van der Waals surface area contributed by atoms with Crippen LogP contribution in [0.2, 0.25) is 10.0 Å². The van der Waals surface area contributed by atoms with Crippen molar-refractivity contribution in [3.63, 3.8) is 0 Å². The monoisotopic (exact) mass is 406 g/mol. The normalized spacial score (nSPS) is 17.0. The Morgan fingerprint density at radius 3 is 2.69 bits per heavy atom. The Bertz CT molecular complexity index is 986. The Morgan fingerprint density at radius 2 is 2.00 bits per heavy atom. The first-order valence-corrected chi connectivity index (χ1v) is 8.99. The number of amidine groups is 1. The first-order chi connectivity index (χ1) is 12.3. The van der Waals surface area contributed by atoms with Crippen molar-refractivity contribution in [2.45, 2.75) is 6.92 Å². The zero-order valence-electron chi connectivity index (χ0n) is 13.4. The number of nitrogens with one attached hydrogen (secondary N) is 1. The minimum absolute atomic E-state index is 0.132. The molecule has 132 valence electrons. The number of aryl methyl sites for hydroxylation is 1. The summed E-state index contributed by atoms with van der Waals surface area (Å²) < 4.78 is 0. The van der Waals surface area contributed by atoms with Crippen LogP contribution in [-0.2, 0) is 4.79 Å². The maximum Gasteiger partial charge on any atom is 0.335 e. The number of carbonyl (C=O) groups excluding carboxylic acids is 1. The van der Waals surface area contributed by atoms with Gasteiger partial charge in [-0.2, -0.15) is 0 Å². The van der Waals surface area contributed by atoms with Crippen LogP contribution in [0.5, 0.6) is 0 Å². The minimum Gasteiger partial charge on any atom is -0.478 e. The van der Waals surface area contributed by atoms with Crippen molar-refractivity contribution in [1.82, 2.24) is 5.32 Å². The SMILES string of the molecule is Cc1ccc(C(=O)O)cc1N=C1NC(=O)/C(=C/c2ccc(Cl)cc2Cl)S1. The number of carboxylic acids is 1. The topological polar surface area (TPSA) is 78.8 Å². The summed E-state index contributed by atoms with van der Waals surface area (Å²) in [5.41, 5.74) is 2.08. The molecule has 1 aliphatic rings. The van der Waals surface area contributed by atoms with Gasteiger partial charge in [-0.05, 0) is 60.2 Å². The highest BCUT2D eigenvalue weighted by Crippen LogP contribution is 2.31. The lowest BCUT2D eigenvalue weighted by Gasteiger charge is -2.03. The summed E-state index contributed by atoms with van der Waals surface area (Å²) in [7, 11) is 0. The second kappa shape index (κ2) is 7.53. The summed E-state index contributed by atoms with van der Waals surface area (Å²) in [5.74, 6) is -1.33. The van der Waals surface area contributed by atoms with Crippen LogP contribution in [0.15, 0.2) is 46.3 Å². The van der Waals surface area contributed by atoms with Crippen LogP contribution >= 0.6 is 35.0 Å². The third-order valence-electron chi connectivity index (χ3n) is 3.58. The van der Waals surface area contributed by atoms with Crippen molar-refractivity contribution < 1.29 is 14.7 Å². The number of hydrogen-bond acceptors (Lipinski definition) is 4. The van der Waals surface area contributed by atoms with Gasteiger partial charge in [-0.15, -0.1) is 0 Å². The van der Waals surface area contributed by atoms with E-state index in [1.807, 2.05) is 6.92 Å². The molecule has 1 amide bonds. The molecule has 0 saturated carbocycles. The number of thioether (sulfide) groups is 1. The summed E-state index contributed by atoms with van der Waals surface area (Å²) in [4.78, 5) is 28.1. The number of halogens is 2. The van der Waals surface area contributed by atoms with Gasteiger partial charge in [-0.25, -0.2) is 9.79 Å². The van der Waals surface area contributed by atoms with E-state index in [1.165, 1.54) is 12.1 Å². The highest BCUT2D eigenvalue weighted by molar-refractivity contribution is 8.18. The second-order valence-electron chi connectivity index (χ2n) is 5.45. The van der Waals surface area contributed by atoms with E-state index in [0.29, 0.717) is 31.4 Å². The molecule has 5 nitrogen and oxygen atoms in total. The Morgan fingerprint density at radius 1 is 1.23 bits per heavy atom. The Hall–Kier alpha value is -2.28. The summed E-state index contributed by atoms with van der Waals surface area (Å²) >= 11 is 13.2. The number of carbonyl (C=O) groups is 2. The fraction of sp³-hybridized carbons (Fsp3) is 0.0556. The van der Waals surface area contributed by atoms with Crippen LogP contribution < -0.4 is 5.32 Å². The molecular formula is C18H12Cl2N2O3S. The lowest BCUT2D eigenvalue weighted by Crippen LogP contribution is -2.19. The van der Waals surface area contributed by atoms with Gasteiger partial charge in [-0.1, -0.05) is 35.3 Å². The van der Waals surface area contributed by atoms with Crippen LogP contribution in [0, 0.1) is 6.92 Å². The smallest absolute Gasteiger partial charge is 0.335 e. The van der Waals surface area contributed by atoms with E-state index in [0.717, 1.165) is 17.3 Å². The molecular weight excluding hydrogens is 395 g/mol. The molecule has 26 heavy (non-hydrogen) atoms. The summed E-state index contributed by atoms with van der Waals surface area (Å²) in [6.07, 6.45) is 1.65. The fourth-order valence-electron chi connectivity index (χ4n) is 2.21. The zero-order valence-corrected chi connectivity index (χ0v) is 15.7. The van der Waals surface area contributed by atoms with Crippen molar-refractivity contribution in [2.24, 2.45) is 4.99 Å². The Labute approximate surface area is 163 Å². The standard InChI is InChI=1S/C18H12Cl2N2O3S/c1-9-2-3-11(17(24)25)6-14(9)21-18-22-16(23)15(26-18)7-10-4-5-12(19)8-13(10)20/h2-8H,1H3,(H,24,25)(H,21,22,23)/b15-7-. The van der Waals surface area contributed by atoms with Gasteiger partial charge >= 0.3 is 5.97 Å². The van der Waals surface area contributed by atoms with Gasteiger partial charge in [0, 0.05) is 10.0 Å². The maximum atomic E-state index is 12.2. The van der Waals surface area contributed by atoms with Crippen molar-refractivity contribution in [2.75, 3.05) is 0 Å². The van der Waals surface area contributed by atoms with Gasteiger partial charge in [-0.3, -0.25) is 4.79 Å². The average Bonchev–Trinajstić information content (AvgIpc) is 2.91. The molecule has 2 aromatic carbocycles. The minimum atomic E-state index is -1.03. The molecule has 0 bridgehead atoms. The van der Waals surface area contributed by atoms with E-state index in [2.05, 4.69) is 10.3 Å². The summed E-state index contributed by atoms with van der Waals surface area (Å²) in [6.45, 7) is 1.82. The largest absolute Gasteiger partial charge is 0.478 e. The highest BCUT2D eigenvalue weighted by atomic mass is 35.5. The van der Waals surface area contributed by atoms with E-state index in [4.69, 9.17) is 28.3 Å². The number of rotatable bonds is 3. The van der Waals surface area contributed by atoms with Crippen LogP contribution in [0.3, 0.4) is 0 Å². The maximum absolute atomic E-state index is 12.2. The molecule has 0 unspecified atom stereocenters. The molecule has 3 rings (SSSR count). The van der Waals surface area contributed by atoms with Gasteiger partial charge in [0.15, 0.2) is 5.17 Å². The molecule has 1 fully saturated rings. The Balaban J connectivity index is 1.90. The average molecular weight is 407 g/mol. The summed E-state index contributed by atoms with van der Waals surface area (Å²) in [5, 5.41) is 13.1. The predicted octanol–water partition coefficient (Wildman–Crippen LogP) is 4.89. The van der Waals surface area contributed by atoms with Crippen LogP contribution in [0.1, 0.15) is 21.5 Å². The molecule has 8 heteroatoms. The van der Waals surface area contributed by atoms with E-state index in [-0.39, 0.29) is 11.5 Å².